The number of nitriles is 1. The fraction of sp³-hybridized carbons (Fsp3) is 0.167. The van der Waals surface area contributed by atoms with Gasteiger partial charge in [0.25, 0.3) is 0 Å². The van der Waals surface area contributed by atoms with Crippen molar-refractivity contribution in [1.29, 1.82) is 5.26 Å². The second-order valence-electron chi connectivity index (χ2n) is 3.60. The summed E-state index contributed by atoms with van der Waals surface area (Å²) in [7, 11) is 0. The van der Waals surface area contributed by atoms with Gasteiger partial charge in [-0.3, -0.25) is 4.79 Å². The maximum absolute atomic E-state index is 10.4. The molecule has 0 spiro atoms. The summed E-state index contributed by atoms with van der Waals surface area (Å²) in [4.78, 5) is 10.4. The van der Waals surface area contributed by atoms with Gasteiger partial charge in [0.15, 0.2) is 6.54 Å². The zero-order chi connectivity index (χ0) is 14.4. The van der Waals surface area contributed by atoms with Crippen molar-refractivity contribution in [3.8, 4) is 6.07 Å². The second-order valence-corrected chi connectivity index (χ2v) is 4.04. The van der Waals surface area contributed by atoms with E-state index in [2.05, 4.69) is 16.9 Å². The third-order valence-electron chi connectivity index (χ3n) is 2.03. The molecule has 0 saturated carbocycles. The maximum atomic E-state index is 10.4. The summed E-state index contributed by atoms with van der Waals surface area (Å²) in [5, 5.41) is 26.5. The Kier molecular flexibility index (Phi) is 5.03. The highest BCUT2D eigenvalue weighted by molar-refractivity contribution is 6.30. The van der Waals surface area contributed by atoms with Gasteiger partial charge in [0.1, 0.15) is 6.07 Å². The minimum Gasteiger partial charge on any atom is -0.480 e. The van der Waals surface area contributed by atoms with Crippen molar-refractivity contribution < 1.29 is 9.90 Å². The molecular weight excluding hydrogens is 268 g/mol. The smallest absolute Gasteiger partial charge is 0.327 e. The summed E-state index contributed by atoms with van der Waals surface area (Å²) in [6, 6.07) is 6.65. The summed E-state index contributed by atoms with van der Waals surface area (Å²) >= 11 is 5.87. The third-order valence-corrected chi connectivity index (χ3v) is 2.26. The molecule has 0 amide bonds. The van der Waals surface area contributed by atoms with Crippen molar-refractivity contribution in [1.82, 2.24) is 0 Å². The Morgan fingerprint density at radius 3 is 2.84 bits per heavy atom. The molecule has 1 aromatic rings. The predicted octanol–water partition coefficient (Wildman–Crippen LogP) is 3.00. The van der Waals surface area contributed by atoms with E-state index < -0.39 is 12.5 Å². The average Bonchev–Trinajstić information content (AvgIpc) is 2.34. The van der Waals surface area contributed by atoms with Gasteiger partial charge in [-0.1, -0.05) is 23.4 Å². The normalized spacial score (nSPS) is 10.2. The summed E-state index contributed by atoms with van der Waals surface area (Å²) in [6.07, 6.45) is 0. The molecule has 0 aliphatic carbocycles. The Bertz CT molecular complexity index is 578. The standard InChI is InChI=1S/C12H11ClN4O2/c1-8(2)17(16-15-7-12(18)19)11-5-10(13)4-3-9(11)6-14/h3-5H,1,7H2,2H3,(H,18,19)/b16-15-. The Morgan fingerprint density at radius 1 is 1.63 bits per heavy atom. The minimum atomic E-state index is -1.10. The summed E-state index contributed by atoms with van der Waals surface area (Å²) in [5.74, 6) is -1.10. The third kappa shape index (κ3) is 4.08. The van der Waals surface area contributed by atoms with Crippen LogP contribution in [-0.2, 0) is 4.79 Å². The van der Waals surface area contributed by atoms with E-state index in [0.717, 1.165) is 0 Å². The average molecular weight is 279 g/mol. The van der Waals surface area contributed by atoms with Crippen LogP contribution < -0.4 is 5.01 Å². The molecule has 0 aliphatic heterocycles. The van der Waals surface area contributed by atoms with Gasteiger partial charge in [0, 0.05) is 10.7 Å². The van der Waals surface area contributed by atoms with Gasteiger partial charge in [-0.15, -0.1) is 0 Å². The van der Waals surface area contributed by atoms with E-state index in [1.165, 1.54) is 11.1 Å². The van der Waals surface area contributed by atoms with E-state index in [0.29, 0.717) is 22.0 Å². The topological polar surface area (TPSA) is 89.1 Å². The van der Waals surface area contributed by atoms with Crippen LogP contribution in [0.4, 0.5) is 5.69 Å². The highest BCUT2D eigenvalue weighted by Gasteiger charge is 2.12. The van der Waals surface area contributed by atoms with Gasteiger partial charge >= 0.3 is 5.97 Å². The molecule has 98 valence electrons. The number of hydrogen-bond donors (Lipinski definition) is 1. The molecule has 19 heavy (non-hydrogen) atoms. The van der Waals surface area contributed by atoms with Crippen molar-refractivity contribution in [2.75, 3.05) is 11.6 Å². The molecule has 1 rings (SSSR count). The summed E-state index contributed by atoms with van der Waals surface area (Å²) in [6.45, 7) is 4.90. The molecule has 0 saturated heterocycles. The molecule has 0 atom stereocenters. The molecule has 0 radical (unpaired) electrons. The molecule has 0 heterocycles. The Labute approximate surface area is 115 Å². The fourth-order valence-electron chi connectivity index (χ4n) is 1.26. The summed E-state index contributed by atoms with van der Waals surface area (Å²) < 4.78 is 0. The molecule has 7 heteroatoms. The SMILES string of the molecule is C=C(C)N(/N=N\CC(=O)O)c1cc(Cl)ccc1C#N. The molecule has 6 nitrogen and oxygen atoms in total. The number of rotatable bonds is 5. The van der Waals surface area contributed by atoms with Gasteiger partial charge in [0.05, 0.1) is 11.3 Å². The second kappa shape index (κ2) is 6.52. The van der Waals surface area contributed by atoms with Gasteiger partial charge < -0.3 is 5.11 Å². The number of anilines is 1. The van der Waals surface area contributed by atoms with Crippen molar-refractivity contribution in [3.05, 3.63) is 41.1 Å². The first-order valence-electron chi connectivity index (χ1n) is 5.20. The van der Waals surface area contributed by atoms with E-state index >= 15 is 0 Å². The number of carboxylic acid groups (broad SMARTS) is 1. The van der Waals surface area contributed by atoms with Crippen LogP contribution in [0.1, 0.15) is 12.5 Å². The number of halogens is 1. The number of aliphatic carboxylic acids is 1. The number of hydrogen-bond acceptors (Lipinski definition) is 4. The first-order chi connectivity index (χ1) is 8.95. The largest absolute Gasteiger partial charge is 0.480 e. The van der Waals surface area contributed by atoms with Gasteiger partial charge in [-0.25, -0.2) is 5.01 Å². The van der Waals surface area contributed by atoms with Crippen LogP contribution in [0.3, 0.4) is 0 Å². The highest BCUT2D eigenvalue weighted by Crippen LogP contribution is 2.27. The Hall–Kier alpha value is -2.39. The van der Waals surface area contributed by atoms with Crippen molar-refractivity contribution in [3.63, 3.8) is 0 Å². The first-order valence-corrected chi connectivity index (χ1v) is 5.58. The lowest BCUT2D eigenvalue weighted by Crippen LogP contribution is -2.14. The number of allylic oxidation sites excluding steroid dienone is 1. The van der Waals surface area contributed by atoms with Gasteiger partial charge in [-0.2, -0.15) is 10.4 Å². The quantitative estimate of drug-likeness (QED) is 0.662. The summed E-state index contributed by atoms with van der Waals surface area (Å²) in [5.41, 5.74) is 1.21. The van der Waals surface area contributed by atoms with Crippen molar-refractivity contribution in [2.24, 2.45) is 10.3 Å². The zero-order valence-corrected chi connectivity index (χ0v) is 10.9. The van der Waals surface area contributed by atoms with Crippen LogP contribution in [0.2, 0.25) is 5.02 Å². The number of benzene rings is 1. The van der Waals surface area contributed by atoms with Crippen LogP contribution in [-0.4, -0.2) is 17.6 Å². The van der Waals surface area contributed by atoms with E-state index in [-0.39, 0.29) is 0 Å². The van der Waals surface area contributed by atoms with Gasteiger partial charge in [0.2, 0.25) is 0 Å². The van der Waals surface area contributed by atoms with Crippen molar-refractivity contribution in [2.45, 2.75) is 6.92 Å². The molecular formula is C12H11ClN4O2. The predicted molar refractivity (Wildman–Crippen MR) is 70.8 cm³/mol. The molecule has 0 aliphatic rings. The van der Waals surface area contributed by atoms with E-state index in [1.54, 1.807) is 19.1 Å². The molecule has 0 unspecified atom stereocenters. The molecule has 0 aromatic heterocycles. The molecule has 1 N–H and O–H groups in total. The molecule has 0 bridgehead atoms. The van der Waals surface area contributed by atoms with Crippen LogP contribution >= 0.6 is 11.6 Å². The van der Waals surface area contributed by atoms with E-state index in [1.807, 2.05) is 6.07 Å². The Balaban J connectivity index is 3.16. The first kappa shape index (κ1) is 14.7. The van der Waals surface area contributed by atoms with Crippen molar-refractivity contribution >= 4 is 23.3 Å². The maximum Gasteiger partial charge on any atom is 0.327 e. The van der Waals surface area contributed by atoms with Crippen LogP contribution in [0.25, 0.3) is 0 Å². The monoisotopic (exact) mass is 278 g/mol. The van der Waals surface area contributed by atoms with Crippen LogP contribution in [0.15, 0.2) is 40.8 Å². The highest BCUT2D eigenvalue weighted by atomic mass is 35.5. The van der Waals surface area contributed by atoms with E-state index in [4.69, 9.17) is 22.0 Å². The fourth-order valence-corrected chi connectivity index (χ4v) is 1.43. The minimum absolute atomic E-state index is 0.335. The van der Waals surface area contributed by atoms with Crippen LogP contribution in [0, 0.1) is 11.3 Å². The Morgan fingerprint density at radius 2 is 2.32 bits per heavy atom. The zero-order valence-electron chi connectivity index (χ0n) is 10.2. The lowest BCUT2D eigenvalue weighted by Gasteiger charge is -2.18. The number of nitrogens with zero attached hydrogens (tertiary/aromatic N) is 4. The van der Waals surface area contributed by atoms with E-state index in [9.17, 15) is 4.79 Å². The number of carbonyl (C=O) groups is 1. The lowest BCUT2D eigenvalue weighted by atomic mass is 10.2. The van der Waals surface area contributed by atoms with Gasteiger partial charge in [-0.05, 0) is 25.1 Å². The van der Waals surface area contributed by atoms with Crippen LogP contribution in [0.5, 0.6) is 0 Å². The lowest BCUT2D eigenvalue weighted by molar-refractivity contribution is -0.135. The number of carboxylic acids is 1. The molecule has 1 aromatic carbocycles. The molecule has 0 fully saturated rings.